The molecule has 2 unspecified atom stereocenters. The molecule has 0 spiro atoms. The lowest BCUT2D eigenvalue weighted by Crippen LogP contribution is -2.34. The van der Waals surface area contributed by atoms with Crippen molar-refractivity contribution in [3.63, 3.8) is 0 Å². The molecule has 4 heteroatoms. The van der Waals surface area contributed by atoms with Crippen LogP contribution in [0.4, 0.5) is 0 Å². The number of aromatic nitrogens is 1. The average molecular weight is 261 g/mol. The predicted molar refractivity (Wildman–Crippen MR) is 75.4 cm³/mol. The van der Waals surface area contributed by atoms with E-state index in [0.29, 0.717) is 11.7 Å². The second-order valence-corrected chi connectivity index (χ2v) is 6.05. The van der Waals surface area contributed by atoms with Gasteiger partial charge in [0.05, 0.1) is 0 Å². The van der Waals surface area contributed by atoms with Crippen molar-refractivity contribution in [1.29, 1.82) is 5.26 Å². The summed E-state index contributed by atoms with van der Waals surface area (Å²) in [7, 11) is 0. The molecule has 1 aromatic rings. The molecule has 1 aliphatic carbocycles. The summed E-state index contributed by atoms with van der Waals surface area (Å²) < 4.78 is 0. The fourth-order valence-electron chi connectivity index (χ4n) is 2.50. The molecule has 1 fully saturated rings. The smallest absolute Gasteiger partial charge is 0.144 e. The van der Waals surface area contributed by atoms with E-state index >= 15 is 0 Å². The average Bonchev–Trinajstić information content (AvgIpc) is 2.84. The van der Waals surface area contributed by atoms with Gasteiger partial charge in [0, 0.05) is 29.6 Å². The number of nitrogens with one attached hydrogen (secondary N) is 1. The predicted octanol–water partition coefficient (Wildman–Crippen LogP) is 2.72. The van der Waals surface area contributed by atoms with Crippen molar-refractivity contribution < 1.29 is 0 Å². The maximum atomic E-state index is 9.00. The van der Waals surface area contributed by atoms with Crippen molar-refractivity contribution in [2.45, 2.75) is 44.0 Å². The van der Waals surface area contributed by atoms with Crippen molar-refractivity contribution in [3.8, 4) is 6.07 Å². The van der Waals surface area contributed by atoms with Gasteiger partial charge in [0.2, 0.25) is 0 Å². The van der Waals surface area contributed by atoms with Crippen LogP contribution in [0.25, 0.3) is 0 Å². The molecule has 1 heterocycles. The van der Waals surface area contributed by atoms with Crippen LogP contribution in [0.2, 0.25) is 0 Å². The largest absolute Gasteiger partial charge is 0.309 e. The highest BCUT2D eigenvalue weighted by atomic mass is 32.2. The van der Waals surface area contributed by atoms with Crippen LogP contribution in [0, 0.1) is 11.3 Å². The van der Waals surface area contributed by atoms with Gasteiger partial charge in [-0.15, -0.1) is 0 Å². The Bertz CT molecular complexity index is 427. The summed E-state index contributed by atoms with van der Waals surface area (Å²) in [6.45, 7) is 2.97. The van der Waals surface area contributed by atoms with Crippen LogP contribution in [-0.2, 0) is 6.54 Å². The Kier molecular flexibility index (Phi) is 5.03. The lowest BCUT2D eigenvalue weighted by Gasteiger charge is -2.20. The van der Waals surface area contributed by atoms with Crippen molar-refractivity contribution >= 4 is 11.8 Å². The first kappa shape index (κ1) is 13.4. The van der Waals surface area contributed by atoms with Gasteiger partial charge in [0.1, 0.15) is 11.8 Å². The van der Waals surface area contributed by atoms with E-state index in [0.717, 1.165) is 17.4 Å². The van der Waals surface area contributed by atoms with E-state index < -0.39 is 0 Å². The number of nitriles is 1. The summed E-state index contributed by atoms with van der Waals surface area (Å²) in [4.78, 5) is 4.09. The van der Waals surface area contributed by atoms with E-state index in [1.54, 1.807) is 6.20 Å². The minimum Gasteiger partial charge on any atom is -0.309 e. The Morgan fingerprint density at radius 2 is 2.44 bits per heavy atom. The maximum absolute atomic E-state index is 9.00. The SMILES string of the molecule is CCSC1CCCC1NCc1cccnc1C#N. The first-order chi connectivity index (χ1) is 8.85. The van der Waals surface area contributed by atoms with E-state index in [-0.39, 0.29) is 0 Å². The Balaban J connectivity index is 1.93. The zero-order valence-corrected chi connectivity index (χ0v) is 11.5. The molecule has 1 aromatic heterocycles. The van der Waals surface area contributed by atoms with Crippen LogP contribution in [0.1, 0.15) is 37.4 Å². The minimum absolute atomic E-state index is 0.544. The van der Waals surface area contributed by atoms with Gasteiger partial charge in [-0.3, -0.25) is 0 Å². The Morgan fingerprint density at radius 3 is 3.22 bits per heavy atom. The molecule has 0 aromatic carbocycles. The van der Waals surface area contributed by atoms with Crippen LogP contribution < -0.4 is 5.32 Å². The van der Waals surface area contributed by atoms with Gasteiger partial charge in [-0.1, -0.05) is 19.4 Å². The molecule has 18 heavy (non-hydrogen) atoms. The number of hydrogen-bond acceptors (Lipinski definition) is 4. The van der Waals surface area contributed by atoms with Crippen LogP contribution in [0.15, 0.2) is 18.3 Å². The van der Waals surface area contributed by atoms with E-state index in [2.05, 4.69) is 23.3 Å². The summed E-state index contributed by atoms with van der Waals surface area (Å²) in [6.07, 6.45) is 5.55. The molecule has 2 atom stereocenters. The van der Waals surface area contributed by atoms with E-state index in [9.17, 15) is 0 Å². The summed E-state index contributed by atoms with van der Waals surface area (Å²) >= 11 is 2.05. The standard InChI is InChI=1S/C14H19N3S/c1-2-18-14-7-3-6-12(14)17-10-11-5-4-8-16-13(11)9-15/h4-5,8,12,14,17H,2-3,6-7,10H2,1H3. The van der Waals surface area contributed by atoms with Crippen LogP contribution >= 0.6 is 11.8 Å². The normalized spacial score (nSPS) is 22.9. The number of hydrogen-bond donors (Lipinski definition) is 1. The summed E-state index contributed by atoms with van der Waals surface area (Å²) in [6, 6.07) is 6.61. The van der Waals surface area contributed by atoms with E-state index in [4.69, 9.17) is 5.26 Å². The third kappa shape index (κ3) is 3.24. The van der Waals surface area contributed by atoms with Crippen LogP contribution in [0.5, 0.6) is 0 Å². The van der Waals surface area contributed by atoms with E-state index in [1.807, 2.05) is 23.9 Å². The van der Waals surface area contributed by atoms with Crippen molar-refractivity contribution in [1.82, 2.24) is 10.3 Å². The maximum Gasteiger partial charge on any atom is 0.144 e. The Morgan fingerprint density at radius 1 is 1.56 bits per heavy atom. The second-order valence-electron chi connectivity index (χ2n) is 4.54. The molecule has 0 bridgehead atoms. The summed E-state index contributed by atoms with van der Waals surface area (Å²) in [5.41, 5.74) is 1.55. The topological polar surface area (TPSA) is 48.7 Å². The van der Waals surface area contributed by atoms with Crippen molar-refractivity contribution in [3.05, 3.63) is 29.6 Å². The van der Waals surface area contributed by atoms with Gasteiger partial charge in [-0.05, 0) is 24.7 Å². The molecule has 0 radical (unpaired) electrons. The number of pyridine rings is 1. The number of thioether (sulfide) groups is 1. The monoisotopic (exact) mass is 261 g/mol. The van der Waals surface area contributed by atoms with Gasteiger partial charge >= 0.3 is 0 Å². The van der Waals surface area contributed by atoms with Gasteiger partial charge in [-0.2, -0.15) is 17.0 Å². The van der Waals surface area contributed by atoms with Gasteiger partial charge < -0.3 is 5.32 Å². The van der Waals surface area contributed by atoms with Crippen LogP contribution in [-0.4, -0.2) is 22.0 Å². The second kappa shape index (κ2) is 6.77. The first-order valence-corrected chi connectivity index (χ1v) is 7.59. The van der Waals surface area contributed by atoms with Gasteiger partial charge in [0.15, 0.2) is 0 Å². The molecule has 0 amide bonds. The highest BCUT2D eigenvalue weighted by Gasteiger charge is 2.26. The van der Waals surface area contributed by atoms with Gasteiger partial charge in [0.25, 0.3) is 0 Å². The van der Waals surface area contributed by atoms with E-state index in [1.165, 1.54) is 25.0 Å². The van der Waals surface area contributed by atoms with Crippen molar-refractivity contribution in [2.75, 3.05) is 5.75 Å². The molecular weight excluding hydrogens is 242 g/mol. The Labute approximate surface area is 113 Å². The third-order valence-electron chi connectivity index (χ3n) is 3.39. The molecule has 3 nitrogen and oxygen atoms in total. The highest BCUT2D eigenvalue weighted by molar-refractivity contribution is 7.99. The molecular formula is C14H19N3S. The van der Waals surface area contributed by atoms with Gasteiger partial charge in [-0.25, -0.2) is 4.98 Å². The zero-order valence-electron chi connectivity index (χ0n) is 10.7. The molecule has 0 aliphatic heterocycles. The fourth-order valence-corrected chi connectivity index (χ4v) is 3.72. The molecule has 2 rings (SSSR count). The minimum atomic E-state index is 0.544. The summed E-state index contributed by atoms with van der Waals surface area (Å²) in [5.74, 6) is 1.18. The third-order valence-corrected chi connectivity index (χ3v) is 4.71. The molecule has 0 saturated heterocycles. The zero-order chi connectivity index (χ0) is 12.8. The lowest BCUT2D eigenvalue weighted by atomic mass is 10.1. The quantitative estimate of drug-likeness (QED) is 0.885. The first-order valence-electron chi connectivity index (χ1n) is 6.54. The Hall–Kier alpha value is -1.05. The molecule has 1 saturated carbocycles. The molecule has 1 aliphatic rings. The number of rotatable bonds is 5. The number of nitrogens with zero attached hydrogens (tertiary/aromatic N) is 2. The van der Waals surface area contributed by atoms with Crippen LogP contribution in [0.3, 0.4) is 0 Å². The van der Waals surface area contributed by atoms with Crippen molar-refractivity contribution in [2.24, 2.45) is 0 Å². The fraction of sp³-hybridized carbons (Fsp3) is 0.571. The summed E-state index contributed by atoms with van der Waals surface area (Å²) in [5, 5.41) is 13.3. The highest BCUT2D eigenvalue weighted by Crippen LogP contribution is 2.30. The lowest BCUT2D eigenvalue weighted by molar-refractivity contribution is 0.531. The molecule has 96 valence electrons. The molecule has 1 N–H and O–H groups in total.